The highest BCUT2D eigenvalue weighted by Crippen LogP contribution is 2.17. The van der Waals surface area contributed by atoms with Gasteiger partial charge >= 0.3 is 0 Å². The maximum atomic E-state index is 12.2. The fourth-order valence-corrected chi connectivity index (χ4v) is 4.17. The molecule has 6 nitrogen and oxygen atoms in total. The lowest BCUT2D eigenvalue weighted by Crippen LogP contribution is -2.39. The molecular formula is C17H25IN4O2S2. The minimum atomic E-state index is -3.29. The molecule has 9 heteroatoms. The van der Waals surface area contributed by atoms with Crippen LogP contribution in [0.3, 0.4) is 0 Å². The second kappa shape index (κ2) is 10.8. The highest BCUT2D eigenvalue weighted by Gasteiger charge is 2.13. The Labute approximate surface area is 176 Å². The number of benzene rings is 1. The highest BCUT2D eigenvalue weighted by atomic mass is 127. The Hall–Kier alpha value is -1.20. The zero-order valence-corrected chi connectivity index (χ0v) is 19.1. The van der Waals surface area contributed by atoms with Crippen LogP contribution < -0.4 is 10.6 Å². The molecule has 0 spiro atoms. The van der Waals surface area contributed by atoms with Crippen LogP contribution in [-0.4, -0.2) is 38.7 Å². The molecule has 1 aromatic heterocycles. The van der Waals surface area contributed by atoms with Crippen LogP contribution in [0.4, 0.5) is 0 Å². The van der Waals surface area contributed by atoms with Crippen LogP contribution in [0.2, 0.25) is 0 Å². The quantitative estimate of drug-likeness (QED) is 0.342. The van der Waals surface area contributed by atoms with Crippen molar-refractivity contribution < 1.29 is 8.42 Å². The monoisotopic (exact) mass is 508 g/mol. The van der Waals surface area contributed by atoms with Crippen LogP contribution >= 0.6 is 35.3 Å². The van der Waals surface area contributed by atoms with E-state index in [4.69, 9.17) is 0 Å². The van der Waals surface area contributed by atoms with Crippen molar-refractivity contribution in [1.29, 1.82) is 0 Å². The number of hydrogen-bond acceptors (Lipinski definition) is 5. The van der Waals surface area contributed by atoms with E-state index >= 15 is 0 Å². The van der Waals surface area contributed by atoms with E-state index in [0.717, 1.165) is 10.7 Å². The first-order chi connectivity index (χ1) is 11.9. The van der Waals surface area contributed by atoms with E-state index in [1.54, 1.807) is 48.7 Å². The molecule has 1 aromatic carbocycles. The van der Waals surface area contributed by atoms with Crippen molar-refractivity contribution >= 4 is 51.1 Å². The average Bonchev–Trinajstić information content (AvgIpc) is 3.08. The van der Waals surface area contributed by atoms with Gasteiger partial charge in [-0.05, 0) is 18.1 Å². The van der Waals surface area contributed by atoms with Gasteiger partial charge in [0.25, 0.3) is 0 Å². The number of aliphatic imine (C=N–C) groups is 1. The maximum absolute atomic E-state index is 12.2. The summed E-state index contributed by atoms with van der Waals surface area (Å²) in [5, 5.41) is 9.22. The molecule has 0 saturated carbocycles. The molecule has 0 radical (unpaired) electrons. The molecule has 0 amide bonds. The summed E-state index contributed by atoms with van der Waals surface area (Å²) in [5.74, 6) is 0.974. The largest absolute Gasteiger partial charge is 0.355 e. The summed E-state index contributed by atoms with van der Waals surface area (Å²) in [6, 6.07) is 8.46. The predicted octanol–water partition coefficient (Wildman–Crippen LogP) is 3.02. The SMILES string of the molecule is CN=C(NCCS(=O)(=O)c1ccccc1)NCc1nc(C(C)C)cs1.I. The normalized spacial score (nSPS) is 11.9. The maximum Gasteiger partial charge on any atom is 0.191 e. The summed E-state index contributed by atoms with van der Waals surface area (Å²) in [5.41, 5.74) is 1.08. The first-order valence-corrected chi connectivity index (χ1v) is 10.6. The van der Waals surface area contributed by atoms with Gasteiger partial charge in [-0.15, -0.1) is 35.3 Å². The van der Waals surface area contributed by atoms with Crippen molar-refractivity contribution in [3.63, 3.8) is 0 Å². The fraction of sp³-hybridized carbons (Fsp3) is 0.412. The van der Waals surface area contributed by atoms with Crippen LogP contribution in [0.1, 0.15) is 30.5 Å². The van der Waals surface area contributed by atoms with Crippen LogP contribution in [0.25, 0.3) is 0 Å². The van der Waals surface area contributed by atoms with Gasteiger partial charge in [-0.2, -0.15) is 0 Å². The number of thiazole rings is 1. The summed E-state index contributed by atoms with van der Waals surface area (Å²) in [7, 11) is -1.64. The summed E-state index contributed by atoms with van der Waals surface area (Å²) in [4.78, 5) is 9.00. The van der Waals surface area contributed by atoms with Crippen LogP contribution in [0.5, 0.6) is 0 Å². The van der Waals surface area contributed by atoms with Crippen molar-refractivity contribution in [2.75, 3.05) is 19.3 Å². The molecule has 26 heavy (non-hydrogen) atoms. The third-order valence-corrected chi connectivity index (χ3v) is 6.16. The number of guanidine groups is 1. The number of halogens is 1. The smallest absolute Gasteiger partial charge is 0.191 e. The molecule has 1 heterocycles. The lowest BCUT2D eigenvalue weighted by atomic mass is 10.2. The number of nitrogens with one attached hydrogen (secondary N) is 2. The fourth-order valence-electron chi connectivity index (χ4n) is 2.10. The lowest BCUT2D eigenvalue weighted by Gasteiger charge is -2.11. The molecule has 0 bridgehead atoms. The minimum absolute atomic E-state index is 0. The molecule has 0 saturated heterocycles. The van der Waals surface area contributed by atoms with Gasteiger partial charge in [0.2, 0.25) is 0 Å². The van der Waals surface area contributed by atoms with Gasteiger partial charge in [0.15, 0.2) is 15.8 Å². The van der Waals surface area contributed by atoms with E-state index in [1.807, 2.05) is 0 Å². The molecule has 0 aliphatic rings. The molecule has 0 aliphatic carbocycles. The second-order valence-electron chi connectivity index (χ2n) is 5.81. The molecule has 0 unspecified atom stereocenters. The van der Waals surface area contributed by atoms with Gasteiger partial charge in [0, 0.05) is 19.0 Å². The molecule has 0 aliphatic heterocycles. The number of rotatable bonds is 7. The summed E-state index contributed by atoms with van der Waals surface area (Å²) < 4.78 is 24.5. The van der Waals surface area contributed by atoms with E-state index in [2.05, 4.69) is 39.8 Å². The van der Waals surface area contributed by atoms with Gasteiger partial charge < -0.3 is 10.6 Å². The molecule has 2 rings (SSSR count). The van der Waals surface area contributed by atoms with Crippen LogP contribution in [0, 0.1) is 0 Å². The Morgan fingerprint density at radius 2 is 1.92 bits per heavy atom. The zero-order valence-electron chi connectivity index (χ0n) is 15.1. The predicted molar refractivity (Wildman–Crippen MR) is 118 cm³/mol. The van der Waals surface area contributed by atoms with E-state index in [0.29, 0.717) is 23.3 Å². The molecule has 2 aromatic rings. The van der Waals surface area contributed by atoms with E-state index in [1.165, 1.54) is 0 Å². The van der Waals surface area contributed by atoms with E-state index < -0.39 is 9.84 Å². The average molecular weight is 508 g/mol. The Balaban J connectivity index is 0.00000338. The molecular weight excluding hydrogens is 483 g/mol. The minimum Gasteiger partial charge on any atom is -0.355 e. The van der Waals surface area contributed by atoms with E-state index in [9.17, 15) is 8.42 Å². The van der Waals surface area contributed by atoms with Gasteiger partial charge in [0.1, 0.15) is 5.01 Å². The standard InChI is InChI=1S/C17H24N4O2S2.HI/c1-13(2)15-12-24-16(21-15)11-20-17(18-3)19-9-10-25(22,23)14-7-5-4-6-8-14;/h4-8,12-13H,9-11H2,1-3H3,(H2,18,19,20);1H. The summed E-state index contributed by atoms with van der Waals surface area (Å²) >= 11 is 1.60. The molecule has 0 fully saturated rings. The molecule has 2 N–H and O–H groups in total. The first-order valence-electron chi connectivity index (χ1n) is 8.09. The highest BCUT2D eigenvalue weighted by molar-refractivity contribution is 14.0. The van der Waals surface area contributed by atoms with Gasteiger partial charge in [0.05, 0.1) is 22.9 Å². The summed E-state index contributed by atoms with van der Waals surface area (Å²) in [6.07, 6.45) is 0. The summed E-state index contributed by atoms with van der Waals surface area (Å²) in [6.45, 7) is 5.06. The van der Waals surface area contributed by atoms with Crippen molar-refractivity contribution in [1.82, 2.24) is 15.6 Å². The lowest BCUT2D eigenvalue weighted by molar-refractivity contribution is 0.594. The first kappa shape index (κ1) is 22.8. The topological polar surface area (TPSA) is 83.5 Å². The molecule has 0 atom stereocenters. The number of aromatic nitrogens is 1. The van der Waals surface area contributed by atoms with Crippen LogP contribution in [-0.2, 0) is 16.4 Å². The second-order valence-corrected chi connectivity index (χ2v) is 8.86. The Morgan fingerprint density at radius 1 is 1.23 bits per heavy atom. The van der Waals surface area contributed by atoms with Crippen molar-refractivity contribution in [2.45, 2.75) is 31.2 Å². The number of hydrogen-bond donors (Lipinski definition) is 2. The van der Waals surface area contributed by atoms with Crippen molar-refractivity contribution in [3.05, 3.63) is 46.4 Å². The van der Waals surface area contributed by atoms with Gasteiger partial charge in [-0.1, -0.05) is 32.0 Å². The van der Waals surface area contributed by atoms with Crippen molar-refractivity contribution in [2.24, 2.45) is 4.99 Å². The van der Waals surface area contributed by atoms with Crippen LogP contribution in [0.15, 0.2) is 45.6 Å². The third-order valence-electron chi connectivity index (χ3n) is 3.56. The Morgan fingerprint density at radius 3 is 2.50 bits per heavy atom. The van der Waals surface area contributed by atoms with Crippen molar-refractivity contribution in [3.8, 4) is 0 Å². The molecule has 144 valence electrons. The van der Waals surface area contributed by atoms with E-state index in [-0.39, 0.29) is 36.3 Å². The Bertz CT molecular complexity index is 805. The van der Waals surface area contributed by atoms with Gasteiger partial charge in [-0.3, -0.25) is 4.99 Å². The third kappa shape index (κ3) is 6.84. The number of nitrogens with zero attached hydrogens (tertiary/aromatic N) is 2. The van der Waals surface area contributed by atoms with Gasteiger partial charge in [-0.25, -0.2) is 13.4 Å². The Kier molecular flexibility index (Phi) is 9.51. The number of sulfone groups is 1. The zero-order chi connectivity index (χ0) is 18.3.